The first-order valence-electron chi connectivity index (χ1n) is 15.3. The molecule has 0 N–H and O–H groups in total. The molecule has 0 bridgehead atoms. The van der Waals surface area contributed by atoms with Crippen LogP contribution in [0, 0.1) is 10.1 Å². The highest BCUT2D eigenvalue weighted by atomic mass is 32.1. The summed E-state index contributed by atoms with van der Waals surface area (Å²) in [5.41, 5.74) is 6.82. The lowest BCUT2D eigenvalue weighted by atomic mass is 9.83. The Morgan fingerprint density at radius 2 is 1.74 bits per heavy atom. The molecular weight excluding hydrogens is 614 g/mol. The maximum Gasteiger partial charge on any atom is 0.271 e. The number of fused-ring (bicyclic) bond motifs is 3. The zero-order valence-electron chi connectivity index (χ0n) is 25.8. The van der Waals surface area contributed by atoms with Crippen molar-refractivity contribution in [3.05, 3.63) is 154 Å². The summed E-state index contributed by atoms with van der Waals surface area (Å²) in [6.45, 7) is 2.53. The third kappa shape index (κ3) is 5.72. The van der Waals surface area contributed by atoms with Crippen molar-refractivity contribution in [1.29, 1.82) is 0 Å². The van der Waals surface area contributed by atoms with E-state index in [0.717, 1.165) is 52.1 Å². The van der Waals surface area contributed by atoms with Gasteiger partial charge >= 0.3 is 0 Å². The Kier molecular flexibility index (Phi) is 8.17. The van der Waals surface area contributed by atoms with Gasteiger partial charge in [-0.15, -0.1) is 0 Å². The molecule has 0 saturated heterocycles. The second-order valence-corrected chi connectivity index (χ2v) is 12.2. The predicted molar refractivity (Wildman–Crippen MR) is 181 cm³/mol. The van der Waals surface area contributed by atoms with E-state index in [1.54, 1.807) is 19.2 Å². The van der Waals surface area contributed by atoms with E-state index >= 15 is 0 Å². The van der Waals surface area contributed by atoms with Crippen LogP contribution in [0.2, 0.25) is 0 Å². The number of hydrogen-bond acceptors (Lipinski definition) is 8. The number of nitrogens with zero attached hydrogens (tertiary/aromatic N) is 3. The van der Waals surface area contributed by atoms with E-state index in [4.69, 9.17) is 19.2 Å². The molecule has 236 valence electrons. The molecule has 0 spiro atoms. The van der Waals surface area contributed by atoms with Gasteiger partial charge in [-0.2, -0.15) is 0 Å². The standard InChI is InChI=1S/C37H31N3O6S/c1-3-45-32-20-24(14-19-31(32)46-22-23-12-16-26(17-13-23)40(42)43)21-33-36(41)39-35(28-10-6-7-11-30(28)44-2)29-18-15-25-8-4-5-9-27(25)34(29)38-37(39)47-33/h4-14,16-17,19-21,35H,3,15,18,22H2,1-2H3/b33-21+/t35-/m1/s1. The zero-order valence-corrected chi connectivity index (χ0v) is 26.7. The van der Waals surface area contributed by atoms with Crippen LogP contribution in [0.1, 0.15) is 47.2 Å². The van der Waals surface area contributed by atoms with Crippen LogP contribution in [0.4, 0.5) is 5.69 Å². The smallest absolute Gasteiger partial charge is 0.271 e. The number of nitro benzene ring substituents is 1. The predicted octanol–water partition coefficient (Wildman–Crippen LogP) is 6.21. The summed E-state index contributed by atoms with van der Waals surface area (Å²) in [6.07, 6.45) is 3.53. The van der Waals surface area contributed by atoms with Crippen LogP contribution in [0.3, 0.4) is 0 Å². The first kappa shape index (κ1) is 30.2. The van der Waals surface area contributed by atoms with Gasteiger partial charge < -0.3 is 14.2 Å². The minimum absolute atomic E-state index is 0.0256. The molecule has 0 unspecified atom stereocenters. The summed E-state index contributed by atoms with van der Waals surface area (Å²) in [7, 11) is 1.66. The molecule has 47 heavy (non-hydrogen) atoms. The highest BCUT2D eigenvalue weighted by Crippen LogP contribution is 2.43. The minimum Gasteiger partial charge on any atom is -0.496 e. The number of rotatable bonds is 9. The monoisotopic (exact) mass is 645 g/mol. The quantitative estimate of drug-likeness (QED) is 0.139. The van der Waals surface area contributed by atoms with Gasteiger partial charge in [0.25, 0.3) is 11.2 Å². The number of para-hydroxylation sites is 1. The van der Waals surface area contributed by atoms with Crippen molar-refractivity contribution in [2.75, 3.05) is 13.7 Å². The highest BCUT2D eigenvalue weighted by molar-refractivity contribution is 7.07. The molecule has 2 aliphatic rings. The number of ether oxygens (including phenoxy) is 3. The third-order valence-electron chi connectivity index (χ3n) is 8.41. The van der Waals surface area contributed by atoms with Gasteiger partial charge in [-0.3, -0.25) is 19.5 Å². The average molecular weight is 646 g/mol. The molecule has 2 heterocycles. The fraction of sp³-hybridized carbons (Fsp3) is 0.189. The largest absolute Gasteiger partial charge is 0.496 e. The molecule has 1 aromatic heterocycles. The number of aryl methyl sites for hydroxylation is 1. The van der Waals surface area contributed by atoms with Gasteiger partial charge in [0.1, 0.15) is 12.4 Å². The van der Waals surface area contributed by atoms with Crippen molar-refractivity contribution in [1.82, 2.24) is 4.57 Å². The van der Waals surface area contributed by atoms with E-state index in [9.17, 15) is 14.9 Å². The fourth-order valence-electron chi connectivity index (χ4n) is 6.22. The first-order chi connectivity index (χ1) is 22.9. The van der Waals surface area contributed by atoms with Crippen LogP contribution in [-0.4, -0.2) is 23.2 Å². The van der Waals surface area contributed by atoms with Crippen LogP contribution in [0.15, 0.2) is 106 Å². The van der Waals surface area contributed by atoms with Gasteiger partial charge in [0.15, 0.2) is 16.3 Å². The second kappa shape index (κ2) is 12.7. The van der Waals surface area contributed by atoms with E-state index in [1.165, 1.54) is 29.0 Å². The Balaban J connectivity index is 1.29. The molecule has 1 aliphatic carbocycles. The van der Waals surface area contributed by atoms with E-state index in [1.807, 2.05) is 66.1 Å². The number of methoxy groups -OCH3 is 1. The molecule has 4 aromatic carbocycles. The van der Waals surface area contributed by atoms with Gasteiger partial charge in [-0.05, 0) is 78.4 Å². The molecule has 0 radical (unpaired) electrons. The molecule has 0 saturated carbocycles. The lowest BCUT2D eigenvalue weighted by Gasteiger charge is -2.31. The van der Waals surface area contributed by atoms with Gasteiger partial charge in [0.05, 0.1) is 34.9 Å². The van der Waals surface area contributed by atoms with E-state index in [0.29, 0.717) is 27.4 Å². The molecule has 1 aliphatic heterocycles. The lowest BCUT2D eigenvalue weighted by Crippen LogP contribution is -2.39. The Morgan fingerprint density at radius 3 is 2.53 bits per heavy atom. The SMILES string of the molecule is CCOc1cc(/C=c2/sc3n(c2=O)[C@H](c2ccccc2OC)C2=C(N=3)c3ccccc3CC2)ccc1OCc1ccc([N+](=O)[O-])cc1. The number of benzene rings is 4. The van der Waals surface area contributed by atoms with Gasteiger partial charge in [0, 0.05) is 23.3 Å². The summed E-state index contributed by atoms with van der Waals surface area (Å²) in [5, 5.41) is 11.0. The van der Waals surface area contributed by atoms with Crippen LogP contribution in [0.25, 0.3) is 11.8 Å². The van der Waals surface area contributed by atoms with Gasteiger partial charge in [-0.1, -0.05) is 59.9 Å². The summed E-state index contributed by atoms with van der Waals surface area (Å²) in [4.78, 5) is 30.5. The Labute approximate surface area is 274 Å². The topological polar surface area (TPSA) is 105 Å². The van der Waals surface area contributed by atoms with Gasteiger partial charge in [-0.25, -0.2) is 4.99 Å². The highest BCUT2D eigenvalue weighted by Gasteiger charge is 2.34. The summed E-state index contributed by atoms with van der Waals surface area (Å²) >= 11 is 1.37. The van der Waals surface area contributed by atoms with Crippen molar-refractivity contribution in [2.24, 2.45) is 4.99 Å². The first-order valence-corrected chi connectivity index (χ1v) is 16.2. The van der Waals surface area contributed by atoms with Crippen LogP contribution in [-0.2, 0) is 13.0 Å². The maximum atomic E-state index is 14.2. The third-order valence-corrected chi connectivity index (χ3v) is 9.40. The number of nitro groups is 1. The number of thiazole rings is 1. The molecule has 10 heteroatoms. The molecule has 1 atom stereocenters. The zero-order chi connectivity index (χ0) is 32.5. The molecule has 5 aromatic rings. The maximum absolute atomic E-state index is 14.2. The molecule has 0 amide bonds. The Bertz CT molecular complexity index is 2220. The number of non-ortho nitro benzene ring substituents is 1. The van der Waals surface area contributed by atoms with Crippen molar-refractivity contribution in [3.8, 4) is 17.2 Å². The number of allylic oxidation sites excluding steroid dienone is 1. The molecule has 0 fully saturated rings. The van der Waals surface area contributed by atoms with Gasteiger partial charge in [0.2, 0.25) is 0 Å². The summed E-state index contributed by atoms with van der Waals surface area (Å²) < 4.78 is 20.1. The number of aromatic nitrogens is 1. The fourth-order valence-corrected chi connectivity index (χ4v) is 7.22. The van der Waals surface area contributed by atoms with Crippen molar-refractivity contribution < 1.29 is 19.1 Å². The Hall–Kier alpha value is -5.48. The van der Waals surface area contributed by atoms with Crippen LogP contribution in [0.5, 0.6) is 17.2 Å². The van der Waals surface area contributed by atoms with Crippen molar-refractivity contribution >= 4 is 28.8 Å². The van der Waals surface area contributed by atoms with Crippen LogP contribution < -0.4 is 29.1 Å². The normalized spacial score (nSPS) is 15.3. The minimum atomic E-state index is -0.431. The molecule has 7 rings (SSSR count). The molecular formula is C37H31N3O6S. The number of hydrogen-bond donors (Lipinski definition) is 0. The second-order valence-electron chi connectivity index (χ2n) is 11.2. The summed E-state index contributed by atoms with van der Waals surface area (Å²) in [5.74, 6) is 1.80. The Morgan fingerprint density at radius 1 is 0.957 bits per heavy atom. The van der Waals surface area contributed by atoms with E-state index in [2.05, 4.69) is 18.2 Å². The lowest BCUT2D eigenvalue weighted by molar-refractivity contribution is -0.384. The summed E-state index contributed by atoms with van der Waals surface area (Å²) in [6, 6.07) is 27.7. The van der Waals surface area contributed by atoms with Crippen LogP contribution >= 0.6 is 11.3 Å². The molecule has 9 nitrogen and oxygen atoms in total. The van der Waals surface area contributed by atoms with Crippen molar-refractivity contribution in [2.45, 2.75) is 32.4 Å². The van der Waals surface area contributed by atoms with E-state index < -0.39 is 4.92 Å². The van der Waals surface area contributed by atoms with E-state index in [-0.39, 0.29) is 23.9 Å². The van der Waals surface area contributed by atoms with Crippen molar-refractivity contribution in [3.63, 3.8) is 0 Å². The average Bonchev–Trinajstić information content (AvgIpc) is 3.41.